The van der Waals surface area contributed by atoms with Crippen molar-refractivity contribution in [1.82, 2.24) is 15.3 Å². The summed E-state index contributed by atoms with van der Waals surface area (Å²) >= 11 is 1.33. The van der Waals surface area contributed by atoms with Crippen molar-refractivity contribution >= 4 is 39.0 Å². The van der Waals surface area contributed by atoms with Gasteiger partial charge in [-0.15, -0.1) is 17.9 Å². The van der Waals surface area contributed by atoms with E-state index in [0.717, 1.165) is 55.0 Å². The number of hydrogen-bond acceptors (Lipinski definition) is 7. The molecule has 1 aromatic carbocycles. The Kier molecular flexibility index (Phi) is 8.53. The van der Waals surface area contributed by atoms with Gasteiger partial charge in [-0.3, -0.25) is 4.79 Å². The van der Waals surface area contributed by atoms with Crippen molar-refractivity contribution in [3.05, 3.63) is 52.9 Å². The minimum absolute atomic E-state index is 0.00720. The maximum Gasteiger partial charge on any atom is 0.261 e. The zero-order valence-corrected chi connectivity index (χ0v) is 21.8. The van der Waals surface area contributed by atoms with Gasteiger partial charge in [-0.25, -0.2) is 14.4 Å². The Balaban J connectivity index is 1.54. The lowest BCUT2D eigenvalue weighted by molar-refractivity contribution is 0.0329. The Hall–Kier alpha value is -3.04. The van der Waals surface area contributed by atoms with Crippen LogP contribution in [0.2, 0.25) is 0 Å². The minimum atomic E-state index is -0.369. The zero-order valence-electron chi connectivity index (χ0n) is 21.0. The number of aromatic nitrogens is 2. The maximum atomic E-state index is 14.1. The number of amides is 1. The van der Waals surface area contributed by atoms with E-state index < -0.39 is 0 Å². The normalized spacial score (nSPS) is 17.7. The molecular formula is C27H33FN4O3S. The zero-order chi connectivity index (χ0) is 25.7. The number of allylic oxidation sites excluding steroid dienone is 1. The molecule has 2 N–H and O–H groups in total. The Labute approximate surface area is 215 Å². The molecule has 0 atom stereocenters. The molecule has 1 saturated carbocycles. The molecule has 36 heavy (non-hydrogen) atoms. The van der Waals surface area contributed by atoms with Gasteiger partial charge in [0.2, 0.25) is 0 Å². The van der Waals surface area contributed by atoms with Crippen LogP contribution in [0.3, 0.4) is 0 Å². The molecule has 192 valence electrons. The van der Waals surface area contributed by atoms with Crippen LogP contribution in [0.4, 0.5) is 15.9 Å². The number of anilines is 2. The summed E-state index contributed by atoms with van der Waals surface area (Å²) < 4.78 is 25.8. The highest BCUT2D eigenvalue weighted by Crippen LogP contribution is 2.37. The molecule has 0 unspecified atom stereocenters. The summed E-state index contributed by atoms with van der Waals surface area (Å²) in [5.74, 6) is 0.493. The van der Waals surface area contributed by atoms with E-state index in [0.29, 0.717) is 33.5 Å². The van der Waals surface area contributed by atoms with E-state index in [1.54, 1.807) is 13.2 Å². The third kappa shape index (κ3) is 6.20. The van der Waals surface area contributed by atoms with E-state index in [1.165, 1.54) is 29.8 Å². The van der Waals surface area contributed by atoms with E-state index >= 15 is 0 Å². The second kappa shape index (κ2) is 11.8. The van der Waals surface area contributed by atoms with Crippen molar-refractivity contribution in [1.29, 1.82) is 0 Å². The largest absolute Gasteiger partial charge is 0.488 e. The molecular weight excluding hydrogens is 479 g/mol. The molecule has 4 rings (SSSR count). The quantitative estimate of drug-likeness (QED) is 0.245. The number of thiophene rings is 1. The van der Waals surface area contributed by atoms with E-state index in [9.17, 15) is 9.18 Å². The molecule has 0 spiro atoms. The fraction of sp³-hybridized carbons (Fsp3) is 0.444. The lowest BCUT2D eigenvalue weighted by atomic mass is 9.95. The number of ether oxygens (including phenoxy) is 2. The van der Waals surface area contributed by atoms with Gasteiger partial charge in [0.15, 0.2) is 0 Å². The summed E-state index contributed by atoms with van der Waals surface area (Å²) in [6, 6.07) is 4.43. The van der Waals surface area contributed by atoms with Crippen LogP contribution < -0.4 is 15.4 Å². The van der Waals surface area contributed by atoms with Crippen LogP contribution in [0.25, 0.3) is 10.2 Å². The molecule has 3 aromatic rings. The first-order chi connectivity index (χ1) is 17.4. The predicted molar refractivity (Wildman–Crippen MR) is 142 cm³/mol. The van der Waals surface area contributed by atoms with E-state index in [1.807, 2.05) is 13.8 Å². The number of carbonyl (C=O) groups excluding carboxylic acids is 1. The highest BCUT2D eigenvalue weighted by molar-refractivity contribution is 7.20. The third-order valence-corrected chi connectivity index (χ3v) is 7.64. The molecule has 1 aliphatic carbocycles. The molecule has 9 heteroatoms. The first-order valence-corrected chi connectivity index (χ1v) is 13.1. The Morgan fingerprint density at radius 1 is 1.22 bits per heavy atom. The molecule has 2 heterocycles. The van der Waals surface area contributed by atoms with Crippen molar-refractivity contribution in [2.24, 2.45) is 0 Å². The second-order valence-electron chi connectivity index (χ2n) is 9.29. The first kappa shape index (κ1) is 26.0. The molecule has 2 aromatic heterocycles. The minimum Gasteiger partial charge on any atom is -0.488 e. The van der Waals surface area contributed by atoms with Gasteiger partial charge in [0.1, 0.15) is 28.5 Å². The van der Waals surface area contributed by atoms with Gasteiger partial charge in [-0.05, 0) is 70.1 Å². The van der Waals surface area contributed by atoms with Gasteiger partial charge < -0.3 is 20.1 Å². The van der Waals surface area contributed by atoms with Crippen LogP contribution in [0, 0.1) is 12.7 Å². The smallest absolute Gasteiger partial charge is 0.261 e. The van der Waals surface area contributed by atoms with Gasteiger partial charge in [0.05, 0.1) is 28.2 Å². The number of halogens is 1. The number of carbonyl (C=O) groups is 1. The van der Waals surface area contributed by atoms with Crippen LogP contribution in [-0.4, -0.2) is 41.7 Å². The maximum absolute atomic E-state index is 14.1. The molecule has 0 aliphatic heterocycles. The number of hydrogen-bond donors (Lipinski definition) is 2. The van der Waals surface area contributed by atoms with E-state index in [2.05, 4.69) is 27.2 Å². The topological polar surface area (TPSA) is 85.4 Å². The molecule has 1 amide bonds. The fourth-order valence-corrected chi connectivity index (χ4v) is 5.51. The average molecular weight is 513 g/mol. The summed E-state index contributed by atoms with van der Waals surface area (Å²) in [5, 5.41) is 7.06. The van der Waals surface area contributed by atoms with E-state index in [4.69, 9.17) is 9.47 Å². The number of benzene rings is 1. The molecule has 7 nitrogen and oxygen atoms in total. The monoisotopic (exact) mass is 512 g/mol. The Morgan fingerprint density at radius 2 is 1.97 bits per heavy atom. The van der Waals surface area contributed by atoms with Crippen molar-refractivity contribution in [3.8, 4) is 5.75 Å². The number of rotatable bonds is 10. The van der Waals surface area contributed by atoms with Gasteiger partial charge in [0.25, 0.3) is 5.91 Å². The highest BCUT2D eigenvalue weighted by atomic mass is 32.1. The summed E-state index contributed by atoms with van der Waals surface area (Å²) in [4.78, 5) is 23.0. The predicted octanol–water partition coefficient (Wildman–Crippen LogP) is 6.30. The van der Waals surface area contributed by atoms with Crippen LogP contribution in [-0.2, 0) is 4.74 Å². The first-order valence-electron chi connectivity index (χ1n) is 12.3. The number of nitrogens with one attached hydrogen (secondary N) is 2. The molecule has 0 saturated heterocycles. The lowest BCUT2D eigenvalue weighted by Gasteiger charge is -2.28. The van der Waals surface area contributed by atoms with Gasteiger partial charge in [-0.2, -0.15) is 0 Å². The van der Waals surface area contributed by atoms with Crippen LogP contribution >= 0.6 is 11.3 Å². The van der Waals surface area contributed by atoms with Crippen molar-refractivity contribution in [3.63, 3.8) is 0 Å². The van der Waals surface area contributed by atoms with Crippen LogP contribution in [0.1, 0.15) is 60.7 Å². The third-order valence-electron chi connectivity index (χ3n) is 6.44. The number of nitrogens with zero attached hydrogens (tertiary/aromatic N) is 2. The number of methoxy groups -OCH3 is 1. The van der Waals surface area contributed by atoms with Gasteiger partial charge in [0, 0.05) is 19.7 Å². The molecule has 0 radical (unpaired) electrons. The van der Waals surface area contributed by atoms with Crippen molar-refractivity contribution in [2.45, 2.75) is 64.6 Å². The average Bonchev–Trinajstić information content (AvgIpc) is 3.21. The lowest BCUT2D eigenvalue weighted by Crippen LogP contribution is -2.27. The van der Waals surface area contributed by atoms with Crippen LogP contribution in [0.5, 0.6) is 5.75 Å². The molecule has 1 aliphatic rings. The number of fused-ring (bicyclic) bond motifs is 1. The van der Waals surface area contributed by atoms with Crippen molar-refractivity contribution < 1.29 is 18.7 Å². The standard InChI is InChI=1S/C27H33FN4O3S/c1-16(2)6-5-13-29-26(33)24-17(3)23-25(30-15-31-27(23)36-24)32-21-12-7-18(28)14-22(21)35-20-10-8-19(34-4)9-11-20/h7,12,14-15,19-20H,1,5-6,8-11,13H2,2-4H3,(H,29,33)(H,30,31,32). The second-order valence-corrected chi connectivity index (χ2v) is 10.3. The Bertz CT molecular complexity index is 1240. The highest BCUT2D eigenvalue weighted by Gasteiger charge is 2.24. The summed E-state index contributed by atoms with van der Waals surface area (Å²) in [6.07, 6.45) is 6.96. The number of aryl methyl sites for hydroxylation is 1. The summed E-state index contributed by atoms with van der Waals surface area (Å²) in [6.45, 7) is 8.36. The summed E-state index contributed by atoms with van der Waals surface area (Å²) in [7, 11) is 1.73. The van der Waals surface area contributed by atoms with Crippen LogP contribution in [0.15, 0.2) is 36.7 Å². The van der Waals surface area contributed by atoms with Gasteiger partial charge >= 0.3 is 0 Å². The van der Waals surface area contributed by atoms with E-state index in [-0.39, 0.29) is 23.9 Å². The molecule has 0 bridgehead atoms. The molecule has 1 fully saturated rings. The fourth-order valence-electron chi connectivity index (χ4n) is 4.45. The Morgan fingerprint density at radius 3 is 2.69 bits per heavy atom. The van der Waals surface area contributed by atoms with Crippen molar-refractivity contribution in [2.75, 3.05) is 19.0 Å². The summed E-state index contributed by atoms with van der Waals surface area (Å²) in [5.41, 5.74) is 2.51. The SMILES string of the molecule is C=C(C)CCCNC(=O)c1sc2ncnc(Nc3ccc(F)cc3OC3CCC(OC)CC3)c2c1C. The van der Waals surface area contributed by atoms with Gasteiger partial charge in [-0.1, -0.05) is 5.57 Å².